The molecule has 2 fully saturated rings. The number of imidazole rings is 1. The van der Waals surface area contributed by atoms with E-state index in [-0.39, 0.29) is 24.0 Å². The number of carbonyl (C=O) groups excluding carboxylic acids is 1. The van der Waals surface area contributed by atoms with E-state index in [1.165, 1.54) is 11.9 Å². The summed E-state index contributed by atoms with van der Waals surface area (Å²) in [7, 11) is 0. The maximum absolute atomic E-state index is 12.9. The number of rotatable bonds is 8. The third-order valence-electron chi connectivity index (χ3n) is 7.36. The molecule has 37 heavy (non-hydrogen) atoms. The second-order valence-electron chi connectivity index (χ2n) is 9.72. The molecule has 3 aromatic rings. The highest BCUT2D eigenvalue weighted by Crippen LogP contribution is 2.37. The Labute approximate surface area is 215 Å². The van der Waals surface area contributed by atoms with Gasteiger partial charge in [0.05, 0.1) is 5.69 Å². The normalized spacial score (nSPS) is 23.2. The molecule has 2 saturated heterocycles. The minimum absolute atomic E-state index is 0.115. The molecule has 2 N–H and O–H groups in total. The summed E-state index contributed by atoms with van der Waals surface area (Å²) < 4.78 is 7.52. The van der Waals surface area contributed by atoms with Crippen LogP contribution in [0.15, 0.2) is 79.2 Å². The smallest absolute Gasteiger partial charge is 0.209 e. The van der Waals surface area contributed by atoms with E-state index in [0.29, 0.717) is 23.8 Å². The minimum atomic E-state index is 0.115. The Hall–Kier alpha value is -3.88. The van der Waals surface area contributed by atoms with Crippen molar-refractivity contribution in [2.45, 2.75) is 43.9 Å². The van der Waals surface area contributed by atoms with Crippen LogP contribution in [0.1, 0.15) is 47.7 Å². The molecule has 1 aliphatic carbocycles. The summed E-state index contributed by atoms with van der Waals surface area (Å²) in [5.41, 5.74) is 10.7. The molecule has 0 radical (unpaired) electrons. The highest BCUT2D eigenvalue weighted by molar-refractivity contribution is 5.96. The van der Waals surface area contributed by atoms with Crippen molar-refractivity contribution in [2.75, 3.05) is 18.8 Å². The first-order valence-electron chi connectivity index (χ1n) is 12.8. The predicted octanol–water partition coefficient (Wildman–Crippen LogP) is 4.48. The fourth-order valence-electron chi connectivity index (χ4n) is 5.28. The van der Waals surface area contributed by atoms with E-state index in [1.54, 1.807) is 0 Å². The number of epoxide rings is 1. The number of benzene rings is 1. The molecular formula is C29H30N6O2. The molecule has 2 aliphatic heterocycles. The zero-order valence-corrected chi connectivity index (χ0v) is 20.7. The number of hydrogen-bond donors (Lipinski definition) is 1. The van der Waals surface area contributed by atoms with Crippen LogP contribution in [0.25, 0.3) is 17.0 Å². The third-order valence-corrected chi connectivity index (χ3v) is 7.36. The monoisotopic (exact) mass is 494 g/mol. The predicted molar refractivity (Wildman–Crippen MR) is 143 cm³/mol. The number of allylic oxidation sites excluding steroid dienone is 6. The van der Waals surface area contributed by atoms with Gasteiger partial charge < -0.3 is 10.5 Å². The van der Waals surface area contributed by atoms with Gasteiger partial charge in [-0.15, -0.1) is 6.58 Å². The van der Waals surface area contributed by atoms with Crippen molar-refractivity contribution >= 4 is 17.4 Å². The van der Waals surface area contributed by atoms with E-state index in [4.69, 9.17) is 15.5 Å². The Kier molecular flexibility index (Phi) is 6.28. The van der Waals surface area contributed by atoms with Crippen LogP contribution in [0.3, 0.4) is 0 Å². The molecule has 3 atom stereocenters. The number of nitrogens with two attached hydrogens (primary N) is 1. The quantitative estimate of drug-likeness (QED) is 0.280. The van der Waals surface area contributed by atoms with Crippen LogP contribution in [0.2, 0.25) is 0 Å². The number of anilines is 1. The molecule has 2 unspecified atom stereocenters. The second kappa shape index (κ2) is 9.88. The Balaban J connectivity index is 1.22. The highest BCUT2D eigenvalue weighted by atomic mass is 16.6. The summed E-state index contributed by atoms with van der Waals surface area (Å²) in [6.07, 6.45) is 17.1. The van der Waals surface area contributed by atoms with Gasteiger partial charge in [0.2, 0.25) is 5.95 Å². The molecule has 0 amide bonds. The molecule has 4 heterocycles. The number of ether oxygens (including phenoxy) is 1. The Morgan fingerprint density at radius 2 is 2.08 bits per heavy atom. The molecule has 1 aromatic carbocycles. The van der Waals surface area contributed by atoms with Gasteiger partial charge in [0.15, 0.2) is 11.4 Å². The zero-order valence-electron chi connectivity index (χ0n) is 20.7. The highest BCUT2D eigenvalue weighted by Gasteiger charge is 2.45. The van der Waals surface area contributed by atoms with Crippen LogP contribution >= 0.6 is 0 Å². The fourth-order valence-corrected chi connectivity index (χ4v) is 5.28. The van der Waals surface area contributed by atoms with Gasteiger partial charge in [-0.3, -0.25) is 9.69 Å². The lowest BCUT2D eigenvalue weighted by atomic mass is 10.0. The average Bonchev–Trinajstić information content (AvgIpc) is 3.49. The van der Waals surface area contributed by atoms with E-state index in [9.17, 15) is 4.79 Å². The number of fused-ring (bicyclic) bond motifs is 1. The van der Waals surface area contributed by atoms with Gasteiger partial charge in [-0.1, -0.05) is 66.3 Å². The van der Waals surface area contributed by atoms with Crippen LogP contribution in [-0.4, -0.2) is 55.5 Å². The standard InChI is InChI=1S/C29H30N6O2/c1-2-24-28(37-24)34-16-15-22(17-34)25-27-31-18-32-29(30)35(27)26(33-25)21-12-10-20(11-13-21)23(36)14-9-19-7-5-3-4-6-8-19/h2-5,7-8,10-13,18,22,24,28H,1,6,9,14-17H2,(H2,30,31,32)/t22?,24-,28?/m1/s1. The molecule has 3 aliphatic rings. The lowest BCUT2D eigenvalue weighted by Gasteiger charge is -2.12. The molecule has 0 bridgehead atoms. The van der Waals surface area contributed by atoms with Crippen LogP contribution in [0.5, 0.6) is 0 Å². The van der Waals surface area contributed by atoms with Crippen molar-refractivity contribution in [3.63, 3.8) is 0 Å². The van der Waals surface area contributed by atoms with Crippen molar-refractivity contribution in [1.29, 1.82) is 0 Å². The van der Waals surface area contributed by atoms with Crippen molar-refractivity contribution in [3.05, 3.63) is 90.5 Å². The number of hydrogen-bond acceptors (Lipinski definition) is 7. The number of nitrogens with zero attached hydrogens (tertiary/aromatic N) is 5. The summed E-state index contributed by atoms with van der Waals surface area (Å²) in [6.45, 7) is 5.62. The third kappa shape index (κ3) is 4.65. The number of carbonyl (C=O) groups is 1. The van der Waals surface area contributed by atoms with E-state index in [0.717, 1.165) is 49.3 Å². The lowest BCUT2D eigenvalue weighted by Crippen LogP contribution is -2.25. The number of aromatic nitrogens is 4. The molecule has 8 nitrogen and oxygen atoms in total. The van der Waals surface area contributed by atoms with Crippen molar-refractivity contribution < 1.29 is 9.53 Å². The maximum Gasteiger partial charge on any atom is 0.209 e. The van der Waals surface area contributed by atoms with Gasteiger partial charge in [-0.25, -0.2) is 19.4 Å². The molecule has 0 spiro atoms. The Morgan fingerprint density at radius 3 is 2.89 bits per heavy atom. The van der Waals surface area contributed by atoms with Crippen LogP contribution in [-0.2, 0) is 4.74 Å². The molecular weight excluding hydrogens is 464 g/mol. The SMILES string of the molecule is C=C[C@H]1OC1N1CCC(c2nc(-c3ccc(C(=O)CCC4=CCC=CC=C4)cc3)n3c(N)ncnc23)C1. The van der Waals surface area contributed by atoms with Crippen molar-refractivity contribution in [3.8, 4) is 11.4 Å². The van der Waals surface area contributed by atoms with E-state index >= 15 is 0 Å². The Morgan fingerprint density at radius 1 is 1.22 bits per heavy atom. The topological polar surface area (TPSA) is 102 Å². The molecule has 188 valence electrons. The summed E-state index contributed by atoms with van der Waals surface area (Å²) in [4.78, 5) is 29.0. The van der Waals surface area contributed by atoms with Crippen LogP contribution < -0.4 is 5.73 Å². The first-order chi connectivity index (χ1) is 18.1. The summed E-state index contributed by atoms with van der Waals surface area (Å²) in [6, 6.07) is 7.60. The number of Topliss-reactive ketones (excluding diaryl/α,β-unsaturated/α-hetero) is 1. The summed E-state index contributed by atoms with van der Waals surface area (Å²) >= 11 is 0. The number of nitrogen functional groups attached to an aromatic ring is 1. The molecule has 0 saturated carbocycles. The van der Waals surface area contributed by atoms with Gasteiger partial charge in [0, 0.05) is 36.6 Å². The first kappa shape index (κ1) is 23.5. The van der Waals surface area contributed by atoms with Gasteiger partial charge >= 0.3 is 0 Å². The largest absolute Gasteiger partial charge is 0.369 e. The number of ketones is 1. The fraction of sp³-hybridized carbons (Fsp3) is 0.310. The summed E-state index contributed by atoms with van der Waals surface area (Å²) in [5.74, 6) is 1.37. The van der Waals surface area contributed by atoms with E-state index in [2.05, 4.69) is 39.7 Å². The van der Waals surface area contributed by atoms with Gasteiger partial charge in [0.25, 0.3) is 0 Å². The maximum atomic E-state index is 12.9. The molecule has 6 rings (SSSR count). The molecule has 8 heteroatoms. The van der Waals surface area contributed by atoms with E-state index < -0.39 is 0 Å². The number of likely N-dealkylation sites (tertiary alicyclic amines) is 1. The van der Waals surface area contributed by atoms with Crippen molar-refractivity contribution in [2.24, 2.45) is 0 Å². The Bertz CT molecular complexity index is 1430. The lowest BCUT2D eigenvalue weighted by molar-refractivity contribution is 0.0983. The van der Waals surface area contributed by atoms with Gasteiger partial charge in [-0.05, 0) is 19.3 Å². The van der Waals surface area contributed by atoms with E-state index in [1.807, 2.05) is 46.9 Å². The second-order valence-corrected chi connectivity index (χ2v) is 9.72. The first-order valence-corrected chi connectivity index (χ1v) is 12.8. The van der Waals surface area contributed by atoms with Crippen molar-refractivity contribution in [1.82, 2.24) is 24.3 Å². The van der Waals surface area contributed by atoms with Gasteiger partial charge in [-0.2, -0.15) is 0 Å². The summed E-state index contributed by atoms with van der Waals surface area (Å²) in [5, 5.41) is 0. The van der Waals surface area contributed by atoms with Crippen LogP contribution in [0, 0.1) is 0 Å². The van der Waals surface area contributed by atoms with Crippen LogP contribution in [0.4, 0.5) is 5.95 Å². The molecule has 2 aromatic heterocycles. The average molecular weight is 495 g/mol. The van der Waals surface area contributed by atoms with Gasteiger partial charge in [0.1, 0.15) is 24.5 Å². The minimum Gasteiger partial charge on any atom is -0.369 e. The zero-order chi connectivity index (χ0) is 25.4.